The van der Waals surface area contributed by atoms with Gasteiger partial charge in [0.1, 0.15) is 12.1 Å². The molecule has 1 N–H and O–H groups in total. The van der Waals surface area contributed by atoms with E-state index in [0.29, 0.717) is 0 Å². The summed E-state index contributed by atoms with van der Waals surface area (Å²) in [5.41, 5.74) is 1.84. The number of nitro benzene ring substituents is 1. The number of hydrogen-bond donors (Lipinski definition) is 1. The molecule has 0 radical (unpaired) electrons. The summed E-state index contributed by atoms with van der Waals surface area (Å²) >= 11 is 0. The number of piperazine rings is 1. The molecule has 3 aromatic rings. The molecule has 122 valence electrons. The van der Waals surface area contributed by atoms with E-state index in [0.717, 1.165) is 48.7 Å². The van der Waals surface area contributed by atoms with Crippen LogP contribution in [0.3, 0.4) is 0 Å². The third-order valence-corrected chi connectivity index (χ3v) is 4.23. The Labute approximate surface area is 137 Å². The normalized spacial score (nSPS) is 15.0. The maximum Gasteiger partial charge on any atom is 0.269 e. The monoisotopic (exact) mass is 325 g/mol. The zero-order chi connectivity index (χ0) is 16.5. The van der Waals surface area contributed by atoms with Crippen LogP contribution in [0.4, 0.5) is 17.2 Å². The highest BCUT2D eigenvalue weighted by Crippen LogP contribution is 2.25. The Hall–Kier alpha value is -3.23. The molecule has 1 fully saturated rings. The Morgan fingerprint density at radius 2 is 1.75 bits per heavy atom. The number of nitrogens with one attached hydrogen (secondary N) is 1. The van der Waals surface area contributed by atoms with Crippen molar-refractivity contribution in [3.05, 3.63) is 46.9 Å². The van der Waals surface area contributed by atoms with Crippen molar-refractivity contribution in [1.82, 2.24) is 20.2 Å². The lowest BCUT2D eigenvalue weighted by molar-refractivity contribution is -0.384. The number of hydrogen-bond acceptors (Lipinski definition) is 7. The first-order valence-electron chi connectivity index (χ1n) is 7.61. The standard InChI is InChI=1S/C15H15N7O2/c23-22(24)12-3-1-11(2-4-12)20-5-7-21(8-6-20)15-13-9-18-19-14(13)16-10-17-15/h1-4,9-10H,5-8H2,(H,16,17,18,19). The highest BCUT2D eigenvalue weighted by Gasteiger charge is 2.21. The molecule has 0 bridgehead atoms. The van der Waals surface area contributed by atoms with Crippen LogP contribution < -0.4 is 9.80 Å². The number of anilines is 2. The van der Waals surface area contributed by atoms with Gasteiger partial charge < -0.3 is 9.80 Å². The second-order valence-electron chi connectivity index (χ2n) is 5.58. The second-order valence-corrected chi connectivity index (χ2v) is 5.58. The summed E-state index contributed by atoms with van der Waals surface area (Å²) in [6, 6.07) is 6.68. The lowest BCUT2D eigenvalue weighted by Gasteiger charge is -2.36. The number of rotatable bonds is 3. The van der Waals surface area contributed by atoms with Gasteiger partial charge in [-0.3, -0.25) is 15.2 Å². The van der Waals surface area contributed by atoms with E-state index in [4.69, 9.17) is 0 Å². The van der Waals surface area contributed by atoms with E-state index in [2.05, 4.69) is 30.0 Å². The first kappa shape index (κ1) is 14.4. The van der Waals surface area contributed by atoms with Gasteiger partial charge in [0, 0.05) is 44.0 Å². The van der Waals surface area contributed by atoms with Gasteiger partial charge in [0.2, 0.25) is 0 Å². The maximum absolute atomic E-state index is 10.7. The van der Waals surface area contributed by atoms with Gasteiger partial charge >= 0.3 is 0 Å². The molecule has 0 unspecified atom stereocenters. The van der Waals surface area contributed by atoms with Crippen LogP contribution in [0, 0.1) is 10.1 Å². The summed E-state index contributed by atoms with van der Waals surface area (Å²) in [7, 11) is 0. The van der Waals surface area contributed by atoms with Crippen molar-refractivity contribution in [3.63, 3.8) is 0 Å². The predicted molar refractivity (Wildman–Crippen MR) is 89.2 cm³/mol. The molecule has 0 aliphatic carbocycles. The number of H-pyrrole nitrogens is 1. The van der Waals surface area contributed by atoms with Gasteiger partial charge in [-0.05, 0) is 12.1 Å². The van der Waals surface area contributed by atoms with Gasteiger partial charge in [-0.15, -0.1) is 0 Å². The fourth-order valence-electron chi connectivity index (χ4n) is 2.97. The van der Waals surface area contributed by atoms with Crippen molar-refractivity contribution < 1.29 is 4.92 Å². The molecule has 1 aliphatic heterocycles. The van der Waals surface area contributed by atoms with E-state index >= 15 is 0 Å². The molecule has 9 nitrogen and oxygen atoms in total. The Morgan fingerprint density at radius 3 is 2.46 bits per heavy atom. The van der Waals surface area contributed by atoms with Crippen molar-refractivity contribution in [2.24, 2.45) is 0 Å². The SMILES string of the molecule is O=[N+]([O-])c1ccc(N2CCN(c3ncnc4[nH]ncc34)CC2)cc1. The van der Waals surface area contributed by atoms with Gasteiger partial charge in [0.15, 0.2) is 5.65 Å². The van der Waals surface area contributed by atoms with E-state index in [1.54, 1.807) is 36.8 Å². The van der Waals surface area contributed by atoms with E-state index in [-0.39, 0.29) is 10.6 Å². The molecule has 1 aromatic carbocycles. The summed E-state index contributed by atoms with van der Waals surface area (Å²) < 4.78 is 0. The van der Waals surface area contributed by atoms with Crippen LogP contribution in [0.5, 0.6) is 0 Å². The van der Waals surface area contributed by atoms with Crippen LogP contribution >= 0.6 is 0 Å². The predicted octanol–water partition coefficient (Wildman–Crippen LogP) is 1.59. The lowest BCUT2D eigenvalue weighted by Crippen LogP contribution is -2.46. The molecule has 1 aliphatic rings. The van der Waals surface area contributed by atoms with Crippen molar-refractivity contribution in [1.29, 1.82) is 0 Å². The summed E-state index contributed by atoms with van der Waals surface area (Å²) in [4.78, 5) is 23.3. The number of aromatic nitrogens is 4. The van der Waals surface area contributed by atoms with Crippen LogP contribution in [0.15, 0.2) is 36.8 Å². The van der Waals surface area contributed by atoms with Crippen molar-refractivity contribution in [2.45, 2.75) is 0 Å². The third-order valence-electron chi connectivity index (χ3n) is 4.23. The smallest absolute Gasteiger partial charge is 0.269 e. The van der Waals surface area contributed by atoms with E-state index in [1.807, 2.05) is 0 Å². The molecular formula is C15H15N7O2. The van der Waals surface area contributed by atoms with Crippen LogP contribution in [0.1, 0.15) is 0 Å². The number of benzene rings is 1. The Balaban J connectivity index is 1.48. The number of fused-ring (bicyclic) bond motifs is 1. The summed E-state index contributed by atoms with van der Waals surface area (Å²) in [5, 5.41) is 18.5. The van der Waals surface area contributed by atoms with E-state index in [9.17, 15) is 10.1 Å². The Morgan fingerprint density at radius 1 is 1.04 bits per heavy atom. The average Bonchev–Trinajstić information content (AvgIpc) is 3.11. The van der Waals surface area contributed by atoms with Crippen LogP contribution in [-0.2, 0) is 0 Å². The second kappa shape index (κ2) is 5.76. The minimum atomic E-state index is -0.382. The van der Waals surface area contributed by atoms with Crippen LogP contribution in [-0.4, -0.2) is 51.3 Å². The van der Waals surface area contributed by atoms with Crippen molar-refractivity contribution in [3.8, 4) is 0 Å². The van der Waals surface area contributed by atoms with Crippen LogP contribution in [0.25, 0.3) is 11.0 Å². The number of aromatic amines is 1. The van der Waals surface area contributed by atoms with Gasteiger partial charge in [0.05, 0.1) is 16.5 Å². The molecular weight excluding hydrogens is 310 g/mol. The average molecular weight is 325 g/mol. The minimum absolute atomic E-state index is 0.112. The van der Waals surface area contributed by atoms with Gasteiger partial charge in [-0.2, -0.15) is 5.10 Å². The minimum Gasteiger partial charge on any atom is -0.368 e. The Kier molecular flexibility index (Phi) is 3.45. The molecule has 3 heterocycles. The quantitative estimate of drug-likeness (QED) is 0.576. The zero-order valence-corrected chi connectivity index (χ0v) is 12.8. The van der Waals surface area contributed by atoms with Gasteiger partial charge in [0.25, 0.3) is 5.69 Å². The molecule has 0 amide bonds. The van der Waals surface area contributed by atoms with Crippen LogP contribution in [0.2, 0.25) is 0 Å². The number of nitro groups is 1. The molecule has 0 saturated carbocycles. The topological polar surface area (TPSA) is 104 Å². The number of non-ortho nitro benzene ring substituents is 1. The molecule has 24 heavy (non-hydrogen) atoms. The molecule has 2 aromatic heterocycles. The third kappa shape index (κ3) is 2.49. The summed E-state index contributed by atoms with van der Waals surface area (Å²) in [6.07, 6.45) is 3.28. The lowest BCUT2D eigenvalue weighted by atomic mass is 10.2. The fraction of sp³-hybridized carbons (Fsp3) is 0.267. The fourth-order valence-corrected chi connectivity index (χ4v) is 2.97. The van der Waals surface area contributed by atoms with E-state index in [1.165, 1.54) is 0 Å². The number of nitrogens with zero attached hydrogens (tertiary/aromatic N) is 6. The first-order valence-corrected chi connectivity index (χ1v) is 7.61. The van der Waals surface area contributed by atoms with E-state index < -0.39 is 0 Å². The molecule has 4 rings (SSSR count). The zero-order valence-electron chi connectivity index (χ0n) is 12.8. The van der Waals surface area contributed by atoms with Crippen molar-refractivity contribution in [2.75, 3.05) is 36.0 Å². The van der Waals surface area contributed by atoms with Gasteiger partial charge in [-0.25, -0.2) is 9.97 Å². The summed E-state index contributed by atoms with van der Waals surface area (Å²) in [5.74, 6) is 0.886. The highest BCUT2D eigenvalue weighted by molar-refractivity contribution is 5.86. The largest absolute Gasteiger partial charge is 0.368 e. The molecule has 1 saturated heterocycles. The first-order chi connectivity index (χ1) is 11.7. The maximum atomic E-state index is 10.7. The van der Waals surface area contributed by atoms with Crippen molar-refractivity contribution >= 4 is 28.2 Å². The Bertz CT molecular complexity index is 869. The highest BCUT2D eigenvalue weighted by atomic mass is 16.6. The molecule has 0 spiro atoms. The molecule has 9 heteroatoms. The summed E-state index contributed by atoms with van der Waals surface area (Å²) in [6.45, 7) is 3.27. The molecule has 0 atom stereocenters. The van der Waals surface area contributed by atoms with Gasteiger partial charge in [-0.1, -0.05) is 0 Å².